The third-order valence-corrected chi connectivity index (χ3v) is 7.20. The van der Waals surface area contributed by atoms with E-state index in [9.17, 15) is 9.59 Å². The number of methoxy groups -OCH3 is 1. The second kappa shape index (κ2) is 8.08. The fraction of sp³-hybridized carbons (Fsp3) is 0.480. The van der Waals surface area contributed by atoms with Crippen LogP contribution in [-0.2, 0) is 27.2 Å². The van der Waals surface area contributed by atoms with Gasteiger partial charge in [-0.1, -0.05) is 6.07 Å². The van der Waals surface area contributed by atoms with E-state index in [0.29, 0.717) is 25.9 Å². The van der Waals surface area contributed by atoms with E-state index in [1.807, 2.05) is 24.3 Å². The first-order chi connectivity index (χ1) is 15.0. The van der Waals surface area contributed by atoms with E-state index < -0.39 is 0 Å². The zero-order chi connectivity index (χ0) is 21.5. The number of rotatable bonds is 4. The summed E-state index contributed by atoms with van der Waals surface area (Å²) in [4.78, 5) is 33.0. The molecule has 1 aromatic heterocycles. The molecule has 0 spiro atoms. The molecule has 0 radical (unpaired) electrons. The van der Waals surface area contributed by atoms with E-state index in [2.05, 4.69) is 23.2 Å². The van der Waals surface area contributed by atoms with E-state index in [1.54, 1.807) is 12.0 Å². The molecule has 0 saturated carbocycles. The summed E-state index contributed by atoms with van der Waals surface area (Å²) >= 11 is 0. The first-order valence-electron chi connectivity index (χ1n) is 11.2. The number of nitrogens with zero attached hydrogens (tertiary/aromatic N) is 3. The molecule has 2 aromatic rings. The Balaban J connectivity index is 1.41. The molecule has 0 N–H and O–H groups in total. The molecule has 1 aliphatic carbocycles. The molecule has 1 aromatic carbocycles. The Morgan fingerprint density at radius 2 is 2.03 bits per heavy atom. The Morgan fingerprint density at radius 1 is 1.19 bits per heavy atom. The number of ether oxygens (including phenoxy) is 1. The molecule has 1 saturated heterocycles. The summed E-state index contributed by atoms with van der Waals surface area (Å²) in [6, 6.07) is 6.38. The molecule has 0 bridgehead atoms. The van der Waals surface area contributed by atoms with Gasteiger partial charge in [-0.25, -0.2) is 0 Å². The average Bonchev–Trinajstić information content (AvgIpc) is 2.75. The van der Waals surface area contributed by atoms with Crippen LogP contribution in [0, 0.1) is 0 Å². The van der Waals surface area contributed by atoms with E-state index in [4.69, 9.17) is 4.74 Å². The minimum Gasteiger partial charge on any atom is -0.378 e. The molecule has 3 heterocycles. The van der Waals surface area contributed by atoms with Crippen LogP contribution < -0.4 is 4.90 Å². The topological polar surface area (TPSA) is 62.7 Å². The zero-order valence-electron chi connectivity index (χ0n) is 18.3. The summed E-state index contributed by atoms with van der Waals surface area (Å²) in [5.41, 5.74) is 7.10. The molecular weight excluding hydrogens is 390 g/mol. The van der Waals surface area contributed by atoms with E-state index in [0.717, 1.165) is 36.9 Å². The van der Waals surface area contributed by atoms with Gasteiger partial charge in [0.2, 0.25) is 11.8 Å². The Morgan fingerprint density at radius 3 is 2.84 bits per heavy atom. The lowest BCUT2D eigenvalue weighted by atomic mass is 9.79. The first kappa shape index (κ1) is 20.2. The van der Waals surface area contributed by atoms with Crippen LogP contribution in [0.15, 0.2) is 30.6 Å². The maximum absolute atomic E-state index is 12.8. The highest BCUT2D eigenvalue weighted by Gasteiger charge is 2.33. The van der Waals surface area contributed by atoms with E-state index in [1.165, 1.54) is 22.3 Å². The Labute approximate surface area is 183 Å². The molecule has 5 rings (SSSR count). The number of fused-ring (bicyclic) bond motifs is 2. The zero-order valence-corrected chi connectivity index (χ0v) is 18.3. The van der Waals surface area contributed by atoms with Gasteiger partial charge in [-0.15, -0.1) is 0 Å². The quantitative estimate of drug-likeness (QED) is 0.763. The number of aryl methyl sites for hydroxylation is 1. The van der Waals surface area contributed by atoms with Crippen LogP contribution in [-0.4, -0.2) is 55.0 Å². The first-order valence-corrected chi connectivity index (χ1v) is 11.2. The van der Waals surface area contributed by atoms with Gasteiger partial charge in [0, 0.05) is 63.7 Å². The second-order valence-electron chi connectivity index (χ2n) is 9.00. The van der Waals surface area contributed by atoms with Crippen LogP contribution in [0.3, 0.4) is 0 Å². The number of anilines is 1. The Hall–Kier alpha value is -2.73. The normalized spacial score (nSPS) is 20.8. The highest BCUT2D eigenvalue weighted by molar-refractivity contribution is 5.96. The molecule has 162 valence electrons. The number of benzene rings is 1. The summed E-state index contributed by atoms with van der Waals surface area (Å²) < 4.78 is 5.30. The third kappa shape index (κ3) is 3.63. The van der Waals surface area contributed by atoms with Crippen molar-refractivity contribution in [1.29, 1.82) is 0 Å². The number of aromatic nitrogens is 1. The van der Waals surface area contributed by atoms with Gasteiger partial charge in [0.25, 0.3) is 0 Å². The third-order valence-electron chi connectivity index (χ3n) is 7.20. The number of likely N-dealkylation sites (tertiary alicyclic amines) is 1. The van der Waals surface area contributed by atoms with Crippen molar-refractivity contribution in [2.24, 2.45) is 0 Å². The second-order valence-corrected chi connectivity index (χ2v) is 9.00. The van der Waals surface area contributed by atoms with Gasteiger partial charge in [0.05, 0.1) is 6.10 Å². The number of hydrogen-bond acceptors (Lipinski definition) is 4. The van der Waals surface area contributed by atoms with Crippen LogP contribution in [0.4, 0.5) is 5.69 Å². The Bertz CT molecular complexity index is 1030. The number of pyridine rings is 1. The maximum atomic E-state index is 12.8. The van der Waals surface area contributed by atoms with Crippen LogP contribution in [0.25, 0.3) is 11.1 Å². The number of carbonyl (C=O) groups excluding carboxylic acids is 2. The number of amides is 2. The van der Waals surface area contributed by atoms with Crippen molar-refractivity contribution < 1.29 is 14.3 Å². The van der Waals surface area contributed by atoms with Crippen LogP contribution >= 0.6 is 0 Å². The summed E-state index contributed by atoms with van der Waals surface area (Å²) in [5.74, 6) is 0.621. The van der Waals surface area contributed by atoms with Crippen LogP contribution in [0.1, 0.15) is 48.3 Å². The number of hydrogen-bond donors (Lipinski definition) is 0. The van der Waals surface area contributed by atoms with Gasteiger partial charge in [0.1, 0.15) is 0 Å². The van der Waals surface area contributed by atoms with Crippen molar-refractivity contribution in [3.8, 4) is 11.1 Å². The average molecular weight is 420 g/mol. The largest absolute Gasteiger partial charge is 0.378 e. The molecule has 6 nitrogen and oxygen atoms in total. The van der Waals surface area contributed by atoms with Gasteiger partial charge in [-0.2, -0.15) is 0 Å². The van der Waals surface area contributed by atoms with Crippen molar-refractivity contribution in [1.82, 2.24) is 9.88 Å². The van der Waals surface area contributed by atoms with Crippen molar-refractivity contribution in [3.63, 3.8) is 0 Å². The lowest BCUT2D eigenvalue weighted by Gasteiger charge is -2.39. The molecule has 2 aliphatic heterocycles. The van der Waals surface area contributed by atoms with Gasteiger partial charge >= 0.3 is 0 Å². The molecule has 3 aliphatic rings. The van der Waals surface area contributed by atoms with Crippen LogP contribution in [0.5, 0.6) is 0 Å². The van der Waals surface area contributed by atoms with Gasteiger partial charge < -0.3 is 14.5 Å². The number of carbonyl (C=O) groups is 2. The summed E-state index contributed by atoms with van der Waals surface area (Å²) in [5, 5.41) is 0. The predicted octanol–water partition coefficient (Wildman–Crippen LogP) is 3.32. The lowest BCUT2D eigenvalue weighted by Crippen LogP contribution is -2.54. The monoisotopic (exact) mass is 419 g/mol. The predicted molar refractivity (Wildman–Crippen MR) is 119 cm³/mol. The maximum Gasteiger partial charge on any atom is 0.227 e. The minimum absolute atomic E-state index is 0.172. The molecule has 2 amide bonds. The molecular formula is C25H29N3O3. The standard InChI is InChI=1S/C25H29N3O3/c1-27-23-8-6-17(10-18(23)7-9-24(27)29)22-13-26-12-21-16(4-3-5-20(21)22)11-25(30)28-14-19(15-28)31-2/h6,8,10,12-13,16,19H,3-5,7,9,11,14-15H2,1-2H3. The fourth-order valence-corrected chi connectivity index (χ4v) is 5.23. The molecule has 1 unspecified atom stereocenters. The van der Waals surface area contributed by atoms with Gasteiger partial charge in [-0.3, -0.25) is 14.6 Å². The molecule has 1 fully saturated rings. The summed E-state index contributed by atoms with van der Waals surface area (Å²) in [6.45, 7) is 1.42. The summed E-state index contributed by atoms with van der Waals surface area (Å²) in [7, 11) is 3.55. The van der Waals surface area contributed by atoms with E-state index >= 15 is 0 Å². The highest BCUT2D eigenvalue weighted by atomic mass is 16.5. The summed E-state index contributed by atoms with van der Waals surface area (Å²) in [6.07, 6.45) is 9.14. The smallest absolute Gasteiger partial charge is 0.227 e. The van der Waals surface area contributed by atoms with Gasteiger partial charge in [0.15, 0.2) is 0 Å². The molecule has 6 heteroatoms. The van der Waals surface area contributed by atoms with Crippen LogP contribution in [0.2, 0.25) is 0 Å². The molecule has 1 atom stereocenters. The van der Waals surface area contributed by atoms with Crippen molar-refractivity contribution in [2.45, 2.75) is 50.5 Å². The highest BCUT2D eigenvalue weighted by Crippen LogP contribution is 2.40. The van der Waals surface area contributed by atoms with Crippen molar-refractivity contribution in [3.05, 3.63) is 47.3 Å². The van der Waals surface area contributed by atoms with Crippen molar-refractivity contribution in [2.75, 3.05) is 32.1 Å². The van der Waals surface area contributed by atoms with Crippen molar-refractivity contribution >= 4 is 17.5 Å². The molecule has 31 heavy (non-hydrogen) atoms. The van der Waals surface area contributed by atoms with E-state index in [-0.39, 0.29) is 23.8 Å². The Kier molecular flexibility index (Phi) is 5.26. The van der Waals surface area contributed by atoms with Gasteiger partial charge in [-0.05, 0) is 66.0 Å². The fourth-order valence-electron chi connectivity index (χ4n) is 5.23. The SMILES string of the molecule is COC1CN(C(=O)CC2CCCc3c(-c4ccc5c(c4)CCC(=O)N5C)cncc32)C1. The minimum atomic E-state index is 0.172. The lowest BCUT2D eigenvalue weighted by molar-refractivity contribution is -0.143.